The van der Waals surface area contributed by atoms with Crippen molar-refractivity contribution in [3.63, 3.8) is 0 Å². The summed E-state index contributed by atoms with van der Waals surface area (Å²) in [6.07, 6.45) is 2.48. The van der Waals surface area contributed by atoms with Crippen molar-refractivity contribution < 1.29 is 19.0 Å². The molecule has 1 fully saturated rings. The van der Waals surface area contributed by atoms with Crippen molar-refractivity contribution in [2.45, 2.75) is 13.0 Å². The van der Waals surface area contributed by atoms with E-state index in [0.29, 0.717) is 23.2 Å². The molecule has 0 saturated carbocycles. The summed E-state index contributed by atoms with van der Waals surface area (Å²) < 4.78 is 8.58. The van der Waals surface area contributed by atoms with Crippen LogP contribution in [0.1, 0.15) is 16.8 Å². The van der Waals surface area contributed by atoms with Crippen molar-refractivity contribution >= 4 is 28.4 Å². The quantitative estimate of drug-likeness (QED) is 0.351. The summed E-state index contributed by atoms with van der Waals surface area (Å²) in [7, 11) is 0. The minimum Gasteiger partial charge on any atom is -0.370 e. The summed E-state index contributed by atoms with van der Waals surface area (Å²) in [5.74, 6) is -0.423. The van der Waals surface area contributed by atoms with Gasteiger partial charge in [0.05, 0.1) is 26.3 Å². The maximum atomic E-state index is 12.9. The number of fused-ring (bicyclic) bond motifs is 2. The van der Waals surface area contributed by atoms with Gasteiger partial charge in [0.25, 0.3) is 17.1 Å². The van der Waals surface area contributed by atoms with E-state index in [2.05, 4.69) is 4.98 Å². The molecular weight excluding hydrogens is 360 g/mol. The standard InChI is InChI=1S/C19H22N6O3/c20-16-13(17(21)26)12-14-18(22-15-4-1-2-6-24(15)19(14)27)25(16)7-3-5-23-8-10-28-11-9-23/h1-2,4,6,12,20H,3,5,7-11H2,(H2,21,26)/p+2. The van der Waals surface area contributed by atoms with Gasteiger partial charge in [-0.25, -0.2) is 4.57 Å². The van der Waals surface area contributed by atoms with Crippen molar-refractivity contribution in [3.8, 4) is 0 Å². The van der Waals surface area contributed by atoms with Gasteiger partial charge < -0.3 is 21.1 Å². The molecule has 0 unspecified atom stereocenters. The van der Waals surface area contributed by atoms with Crippen LogP contribution in [0.2, 0.25) is 0 Å². The molecule has 1 aliphatic rings. The summed E-state index contributed by atoms with van der Waals surface area (Å²) in [6.45, 7) is 5.00. The Bertz CT molecular complexity index is 1100. The lowest BCUT2D eigenvalue weighted by Gasteiger charge is -2.23. The van der Waals surface area contributed by atoms with Crippen molar-refractivity contribution in [1.29, 1.82) is 0 Å². The molecule has 1 saturated heterocycles. The fraction of sp³-hybridized carbons (Fsp3) is 0.368. The number of nitrogens with zero attached hydrogens (tertiary/aromatic N) is 3. The molecule has 3 aromatic heterocycles. The van der Waals surface area contributed by atoms with Crippen molar-refractivity contribution in [3.05, 3.63) is 46.4 Å². The van der Waals surface area contributed by atoms with E-state index in [1.807, 2.05) is 6.07 Å². The van der Waals surface area contributed by atoms with E-state index in [0.717, 1.165) is 39.3 Å². The third-order valence-electron chi connectivity index (χ3n) is 5.24. The molecule has 0 spiro atoms. The maximum absolute atomic E-state index is 12.9. The number of nitrogens with one attached hydrogen (secondary N) is 1. The molecule has 4 rings (SSSR count). The monoisotopic (exact) mass is 384 g/mol. The van der Waals surface area contributed by atoms with E-state index in [-0.39, 0.29) is 16.9 Å². The summed E-state index contributed by atoms with van der Waals surface area (Å²) in [5, 5.41) is 0.324. The zero-order valence-electron chi connectivity index (χ0n) is 15.6. The SMILES string of the molecule is NC(=O)c1cc2c(=O)n3ccccc3nc2[n+](CCC[NH+]2CCOCC2)c1N. The van der Waals surface area contributed by atoms with Crippen molar-refractivity contribution in [2.75, 3.05) is 38.6 Å². The normalized spacial score (nSPS) is 15.3. The van der Waals surface area contributed by atoms with Gasteiger partial charge in [0.15, 0.2) is 0 Å². The number of morpholine rings is 1. The Morgan fingerprint density at radius 2 is 2.11 bits per heavy atom. The number of nitrogen functional groups attached to an aromatic ring is 1. The number of carbonyl (C=O) groups excluding carboxylic acids is 1. The predicted octanol–water partition coefficient (Wildman–Crippen LogP) is -1.88. The lowest BCUT2D eigenvalue weighted by atomic mass is 10.1. The number of ether oxygens (including phenoxy) is 1. The van der Waals surface area contributed by atoms with Crippen LogP contribution in [0.5, 0.6) is 0 Å². The molecule has 3 aromatic rings. The van der Waals surface area contributed by atoms with Crippen LogP contribution in [0.15, 0.2) is 35.3 Å². The van der Waals surface area contributed by atoms with Crippen LogP contribution in [0.25, 0.3) is 16.7 Å². The number of pyridine rings is 2. The van der Waals surface area contributed by atoms with E-state index in [1.165, 1.54) is 15.4 Å². The molecule has 146 valence electrons. The lowest BCUT2D eigenvalue weighted by molar-refractivity contribution is -0.910. The highest BCUT2D eigenvalue weighted by Crippen LogP contribution is 2.14. The fourth-order valence-electron chi connectivity index (χ4n) is 3.72. The number of nitrogens with two attached hydrogens (primary N) is 2. The van der Waals surface area contributed by atoms with Crippen molar-refractivity contribution in [2.24, 2.45) is 5.73 Å². The first-order chi connectivity index (χ1) is 13.6. The molecule has 5 N–H and O–H groups in total. The van der Waals surface area contributed by atoms with E-state index < -0.39 is 5.91 Å². The summed E-state index contributed by atoms with van der Waals surface area (Å²) >= 11 is 0. The largest absolute Gasteiger partial charge is 0.370 e. The molecule has 0 aromatic carbocycles. The van der Waals surface area contributed by atoms with Crippen molar-refractivity contribution in [1.82, 2.24) is 9.38 Å². The highest BCUT2D eigenvalue weighted by Gasteiger charge is 2.23. The minimum atomic E-state index is -0.662. The van der Waals surface area contributed by atoms with E-state index >= 15 is 0 Å². The number of carbonyl (C=O) groups is 1. The zero-order chi connectivity index (χ0) is 19.7. The second-order valence-corrected chi connectivity index (χ2v) is 7.01. The number of hydrogen-bond donors (Lipinski definition) is 3. The van der Waals surface area contributed by atoms with Gasteiger partial charge in [0, 0.05) is 12.6 Å². The third kappa shape index (κ3) is 3.30. The van der Waals surface area contributed by atoms with E-state index in [9.17, 15) is 9.59 Å². The first-order valence-electron chi connectivity index (χ1n) is 9.41. The summed E-state index contributed by atoms with van der Waals surface area (Å²) in [6, 6.07) is 6.79. The Morgan fingerprint density at radius 3 is 2.86 bits per heavy atom. The molecule has 9 nitrogen and oxygen atoms in total. The smallest absolute Gasteiger partial charge is 0.278 e. The Labute approximate surface area is 161 Å². The molecule has 4 heterocycles. The van der Waals surface area contributed by atoms with Crippen LogP contribution < -0.4 is 26.5 Å². The Morgan fingerprint density at radius 1 is 1.32 bits per heavy atom. The van der Waals surface area contributed by atoms with Crippen LogP contribution in [-0.2, 0) is 11.3 Å². The van der Waals surface area contributed by atoms with Crippen LogP contribution in [0.4, 0.5) is 5.82 Å². The molecule has 9 heteroatoms. The molecule has 0 bridgehead atoms. The van der Waals surface area contributed by atoms with Gasteiger partial charge in [-0.05, 0) is 18.2 Å². The number of aromatic nitrogens is 3. The van der Waals surface area contributed by atoms with Gasteiger partial charge >= 0.3 is 0 Å². The van der Waals surface area contributed by atoms with Crippen LogP contribution in [-0.4, -0.2) is 48.1 Å². The third-order valence-corrected chi connectivity index (χ3v) is 5.24. The van der Waals surface area contributed by atoms with Gasteiger partial charge in [0.1, 0.15) is 24.0 Å². The number of amides is 1. The van der Waals surface area contributed by atoms with Gasteiger partial charge in [-0.15, -0.1) is 0 Å². The van der Waals surface area contributed by atoms with E-state index in [4.69, 9.17) is 16.2 Å². The Kier molecular flexibility index (Phi) is 4.93. The highest BCUT2D eigenvalue weighted by molar-refractivity contribution is 5.99. The topological polar surface area (TPSA) is 121 Å². The molecule has 1 aliphatic heterocycles. The fourth-order valence-corrected chi connectivity index (χ4v) is 3.72. The maximum Gasteiger partial charge on any atom is 0.278 e. The molecule has 28 heavy (non-hydrogen) atoms. The van der Waals surface area contributed by atoms with Crippen LogP contribution in [0, 0.1) is 0 Å². The Balaban J connectivity index is 1.79. The molecule has 0 aliphatic carbocycles. The number of hydrogen-bond acceptors (Lipinski definition) is 5. The predicted molar refractivity (Wildman–Crippen MR) is 103 cm³/mol. The molecule has 0 radical (unpaired) electrons. The van der Waals surface area contributed by atoms with Gasteiger partial charge in [0.2, 0.25) is 11.5 Å². The second kappa shape index (κ2) is 7.53. The molecular formula is C19H24N6O3+2. The van der Waals surface area contributed by atoms with Gasteiger partial charge in [-0.3, -0.25) is 14.0 Å². The van der Waals surface area contributed by atoms with Gasteiger partial charge in [-0.2, -0.15) is 0 Å². The summed E-state index contributed by atoms with van der Waals surface area (Å²) in [5.41, 5.74) is 12.6. The number of aryl methyl sites for hydroxylation is 1. The molecule has 0 atom stereocenters. The average molecular weight is 384 g/mol. The van der Waals surface area contributed by atoms with Crippen LogP contribution in [0.3, 0.4) is 0 Å². The van der Waals surface area contributed by atoms with E-state index in [1.54, 1.807) is 22.9 Å². The second-order valence-electron chi connectivity index (χ2n) is 7.01. The minimum absolute atomic E-state index is 0.140. The van der Waals surface area contributed by atoms with Gasteiger partial charge in [-0.1, -0.05) is 11.1 Å². The lowest BCUT2D eigenvalue weighted by Crippen LogP contribution is -3.14. The number of primary amides is 1. The van der Waals surface area contributed by atoms with Crippen LogP contribution >= 0.6 is 0 Å². The molecule has 1 amide bonds. The average Bonchev–Trinajstić information content (AvgIpc) is 2.70. The number of rotatable bonds is 5. The number of quaternary nitrogens is 1. The summed E-state index contributed by atoms with van der Waals surface area (Å²) in [4.78, 5) is 30.9. The number of anilines is 1. The first kappa shape index (κ1) is 18.3. The highest BCUT2D eigenvalue weighted by atomic mass is 16.5. The first-order valence-corrected chi connectivity index (χ1v) is 9.41. The Hall–Kier alpha value is -3.04. The zero-order valence-corrected chi connectivity index (χ0v) is 15.6.